The molecule has 0 spiro atoms. The fourth-order valence-corrected chi connectivity index (χ4v) is 0.894. The Labute approximate surface area is 61.0 Å². The van der Waals surface area contributed by atoms with Crippen LogP contribution in [0.1, 0.15) is 20.3 Å². The molecule has 0 aromatic carbocycles. The molecular formula is C7H13NO2. The van der Waals surface area contributed by atoms with Crippen LogP contribution in [0.4, 0.5) is 4.79 Å². The molecule has 0 N–H and O–H groups in total. The lowest BCUT2D eigenvalue weighted by Crippen LogP contribution is -2.44. The fraction of sp³-hybridized carbons (Fsp3) is 0.857. The molecule has 1 saturated heterocycles. The van der Waals surface area contributed by atoms with Crippen LogP contribution in [-0.4, -0.2) is 30.2 Å². The van der Waals surface area contributed by atoms with Gasteiger partial charge in [0.05, 0.1) is 0 Å². The largest absolute Gasteiger partial charge is 0.443 e. The summed E-state index contributed by atoms with van der Waals surface area (Å²) in [6.45, 7) is 4.65. The van der Waals surface area contributed by atoms with Crippen molar-refractivity contribution in [2.45, 2.75) is 25.9 Å². The van der Waals surface area contributed by atoms with Gasteiger partial charge in [-0.15, -0.1) is 0 Å². The fourth-order valence-electron chi connectivity index (χ4n) is 0.894. The predicted octanol–water partition coefficient (Wildman–Crippen LogP) is 1.24. The molecule has 0 aliphatic carbocycles. The summed E-state index contributed by atoms with van der Waals surface area (Å²) in [4.78, 5) is 12.5. The van der Waals surface area contributed by atoms with Crippen molar-refractivity contribution < 1.29 is 9.53 Å². The van der Waals surface area contributed by atoms with Crippen LogP contribution in [0.25, 0.3) is 0 Å². The monoisotopic (exact) mass is 143 g/mol. The number of rotatable bonds is 0. The van der Waals surface area contributed by atoms with Gasteiger partial charge >= 0.3 is 6.09 Å². The first-order chi connectivity index (χ1) is 4.51. The second-order valence-corrected chi connectivity index (χ2v) is 3.30. The molecule has 1 aliphatic rings. The minimum Gasteiger partial charge on any atom is -0.443 e. The average molecular weight is 143 g/mol. The van der Waals surface area contributed by atoms with Crippen molar-refractivity contribution in [2.75, 3.05) is 13.6 Å². The minimum atomic E-state index is -0.260. The van der Waals surface area contributed by atoms with Crippen LogP contribution in [0.3, 0.4) is 0 Å². The van der Waals surface area contributed by atoms with Gasteiger partial charge in [-0.1, -0.05) is 0 Å². The van der Waals surface area contributed by atoms with Gasteiger partial charge in [0.1, 0.15) is 5.60 Å². The number of hydrogen-bond donors (Lipinski definition) is 0. The molecule has 0 saturated carbocycles. The van der Waals surface area contributed by atoms with Gasteiger partial charge in [-0.25, -0.2) is 4.79 Å². The highest BCUT2D eigenvalue weighted by atomic mass is 16.6. The Bertz CT molecular complexity index is 154. The zero-order valence-electron chi connectivity index (χ0n) is 6.68. The predicted molar refractivity (Wildman–Crippen MR) is 37.8 cm³/mol. The Morgan fingerprint density at radius 2 is 2.20 bits per heavy atom. The highest BCUT2D eigenvalue weighted by molar-refractivity contribution is 5.68. The molecule has 0 bridgehead atoms. The summed E-state index contributed by atoms with van der Waals surface area (Å²) in [5.41, 5.74) is -0.260. The molecule has 0 aromatic heterocycles. The maximum absolute atomic E-state index is 10.9. The number of ether oxygens (including phenoxy) is 1. The van der Waals surface area contributed by atoms with Gasteiger partial charge in [0.15, 0.2) is 0 Å². The van der Waals surface area contributed by atoms with E-state index in [0.29, 0.717) is 0 Å². The maximum Gasteiger partial charge on any atom is 0.410 e. The molecule has 0 aromatic rings. The van der Waals surface area contributed by atoms with Crippen molar-refractivity contribution >= 4 is 6.09 Å². The van der Waals surface area contributed by atoms with Gasteiger partial charge in [-0.3, -0.25) is 0 Å². The average Bonchev–Trinajstić information content (AvgIpc) is 1.79. The third-order valence-electron chi connectivity index (χ3n) is 1.72. The second-order valence-electron chi connectivity index (χ2n) is 3.30. The molecule has 1 amide bonds. The van der Waals surface area contributed by atoms with Gasteiger partial charge in [0, 0.05) is 20.0 Å². The number of hydrogen-bond acceptors (Lipinski definition) is 2. The van der Waals surface area contributed by atoms with E-state index in [0.717, 1.165) is 13.0 Å². The van der Waals surface area contributed by atoms with Crippen LogP contribution in [0.5, 0.6) is 0 Å². The molecular weight excluding hydrogens is 130 g/mol. The van der Waals surface area contributed by atoms with Gasteiger partial charge in [0.2, 0.25) is 0 Å². The summed E-state index contributed by atoms with van der Waals surface area (Å²) in [6.07, 6.45) is 0.700. The van der Waals surface area contributed by atoms with E-state index in [-0.39, 0.29) is 11.7 Å². The van der Waals surface area contributed by atoms with E-state index >= 15 is 0 Å². The van der Waals surface area contributed by atoms with Crippen molar-refractivity contribution in [3.8, 4) is 0 Å². The number of nitrogens with zero attached hydrogens (tertiary/aromatic N) is 1. The summed E-state index contributed by atoms with van der Waals surface area (Å²) >= 11 is 0. The summed E-state index contributed by atoms with van der Waals surface area (Å²) in [5, 5.41) is 0. The summed E-state index contributed by atoms with van der Waals surface area (Å²) in [5.74, 6) is 0. The third-order valence-corrected chi connectivity index (χ3v) is 1.72. The van der Waals surface area contributed by atoms with E-state index in [2.05, 4.69) is 0 Å². The van der Waals surface area contributed by atoms with Gasteiger partial charge in [-0.2, -0.15) is 0 Å². The van der Waals surface area contributed by atoms with Gasteiger partial charge < -0.3 is 9.64 Å². The zero-order valence-corrected chi connectivity index (χ0v) is 6.68. The Hall–Kier alpha value is -0.730. The Morgan fingerprint density at radius 1 is 1.60 bits per heavy atom. The molecule has 1 rings (SSSR count). The van der Waals surface area contributed by atoms with Crippen LogP contribution in [0.15, 0.2) is 0 Å². The number of cyclic esters (lactones) is 1. The lowest BCUT2D eigenvalue weighted by atomic mass is 10.0. The number of amides is 1. The normalized spacial score (nSPS) is 24.3. The molecule has 58 valence electrons. The van der Waals surface area contributed by atoms with Gasteiger partial charge in [0.25, 0.3) is 0 Å². The molecule has 10 heavy (non-hydrogen) atoms. The summed E-state index contributed by atoms with van der Waals surface area (Å²) in [7, 11) is 1.75. The standard InChI is InChI=1S/C7H13NO2/c1-7(2)4-5-8(3)6(9)10-7/h4-5H2,1-3H3. The Morgan fingerprint density at radius 3 is 2.60 bits per heavy atom. The van der Waals surface area contributed by atoms with Crippen molar-refractivity contribution in [3.05, 3.63) is 0 Å². The van der Waals surface area contributed by atoms with E-state index in [9.17, 15) is 4.79 Å². The molecule has 3 nitrogen and oxygen atoms in total. The van der Waals surface area contributed by atoms with Crippen molar-refractivity contribution in [3.63, 3.8) is 0 Å². The Kier molecular flexibility index (Phi) is 1.58. The van der Waals surface area contributed by atoms with Crippen LogP contribution >= 0.6 is 0 Å². The summed E-state index contributed by atoms with van der Waals surface area (Å²) in [6, 6.07) is 0. The highest BCUT2D eigenvalue weighted by Gasteiger charge is 2.30. The van der Waals surface area contributed by atoms with Crippen LogP contribution in [0.2, 0.25) is 0 Å². The molecule has 0 unspecified atom stereocenters. The van der Waals surface area contributed by atoms with Crippen molar-refractivity contribution in [2.24, 2.45) is 0 Å². The number of carbonyl (C=O) groups is 1. The van der Waals surface area contributed by atoms with E-state index in [1.807, 2.05) is 13.8 Å². The quantitative estimate of drug-likeness (QED) is 0.510. The lowest BCUT2D eigenvalue weighted by molar-refractivity contribution is -0.0191. The number of carbonyl (C=O) groups excluding carboxylic acids is 1. The molecule has 1 heterocycles. The van der Waals surface area contributed by atoms with Gasteiger partial charge in [-0.05, 0) is 13.8 Å². The first kappa shape index (κ1) is 7.38. The molecule has 1 aliphatic heterocycles. The van der Waals surface area contributed by atoms with E-state index in [1.54, 1.807) is 11.9 Å². The Balaban J connectivity index is 2.57. The van der Waals surface area contributed by atoms with Crippen LogP contribution in [0, 0.1) is 0 Å². The van der Waals surface area contributed by atoms with Crippen LogP contribution in [-0.2, 0) is 4.74 Å². The molecule has 0 radical (unpaired) electrons. The first-order valence-corrected chi connectivity index (χ1v) is 3.45. The maximum atomic E-state index is 10.9. The lowest BCUT2D eigenvalue weighted by Gasteiger charge is -2.34. The third kappa shape index (κ3) is 1.40. The first-order valence-electron chi connectivity index (χ1n) is 3.45. The second kappa shape index (κ2) is 2.15. The smallest absolute Gasteiger partial charge is 0.410 e. The van der Waals surface area contributed by atoms with E-state index in [1.165, 1.54) is 0 Å². The van der Waals surface area contributed by atoms with E-state index < -0.39 is 0 Å². The minimum absolute atomic E-state index is 0.212. The molecule has 0 atom stereocenters. The van der Waals surface area contributed by atoms with Crippen molar-refractivity contribution in [1.82, 2.24) is 4.90 Å². The van der Waals surface area contributed by atoms with E-state index in [4.69, 9.17) is 4.74 Å². The summed E-state index contributed by atoms with van der Waals surface area (Å²) < 4.78 is 5.07. The SMILES string of the molecule is CN1CCC(C)(C)OC1=O. The van der Waals surface area contributed by atoms with Crippen LogP contribution < -0.4 is 0 Å². The zero-order chi connectivity index (χ0) is 7.78. The highest BCUT2D eigenvalue weighted by Crippen LogP contribution is 2.20. The molecule has 1 fully saturated rings. The topological polar surface area (TPSA) is 29.5 Å². The van der Waals surface area contributed by atoms with Crippen molar-refractivity contribution in [1.29, 1.82) is 0 Å². The molecule has 3 heteroatoms.